The van der Waals surface area contributed by atoms with Crippen LogP contribution in [0.2, 0.25) is 0 Å². The Morgan fingerprint density at radius 3 is 2.92 bits per heavy atom. The SMILES string of the molecule is Cc1cc2n(n1)CCCN(Cc1cc(=O)c3cc(C(N)=O)ccc3[nH]1)C2. The number of hydrogen-bond acceptors (Lipinski definition) is 4. The number of aryl methyl sites for hydroxylation is 2. The normalized spacial score (nSPS) is 15.0. The number of carbonyl (C=O) groups excluding carboxylic acids is 1. The van der Waals surface area contributed by atoms with Gasteiger partial charge in [-0.15, -0.1) is 0 Å². The van der Waals surface area contributed by atoms with Gasteiger partial charge in [-0.25, -0.2) is 0 Å². The summed E-state index contributed by atoms with van der Waals surface area (Å²) in [6.07, 6.45) is 1.02. The first-order chi connectivity index (χ1) is 12.5. The molecule has 134 valence electrons. The maximum Gasteiger partial charge on any atom is 0.248 e. The summed E-state index contributed by atoms with van der Waals surface area (Å²) in [5.41, 5.74) is 9.35. The van der Waals surface area contributed by atoms with Crippen LogP contribution in [0.4, 0.5) is 0 Å². The van der Waals surface area contributed by atoms with E-state index in [2.05, 4.69) is 25.7 Å². The van der Waals surface area contributed by atoms with Gasteiger partial charge in [0.15, 0.2) is 5.43 Å². The zero-order valence-corrected chi connectivity index (χ0v) is 14.7. The Kier molecular flexibility index (Phi) is 4.08. The predicted molar refractivity (Wildman–Crippen MR) is 98.8 cm³/mol. The molecule has 0 radical (unpaired) electrons. The summed E-state index contributed by atoms with van der Waals surface area (Å²) in [5.74, 6) is -0.535. The van der Waals surface area contributed by atoms with Crippen molar-refractivity contribution in [3.63, 3.8) is 0 Å². The maximum atomic E-state index is 12.5. The number of primary amides is 1. The van der Waals surface area contributed by atoms with E-state index in [4.69, 9.17) is 5.73 Å². The van der Waals surface area contributed by atoms with E-state index in [1.807, 2.05) is 6.92 Å². The van der Waals surface area contributed by atoms with Crippen LogP contribution < -0.4 is 11.2 Å². The number of nitrogens with zero attached hydrogens (tertiary/aromatic N) is 3. The number of H-pyrrole nitrogens is 1. The fourth-order valence-electron chi connectivity index (χ4n) is 3.59. The molecule has 0 saturated carbocycles. The van der Waals surface area contributed by atoms with E-state index >= 15 is 0 Å². The lowest BCUT2D eigenvalue weighted by molar-refractivity contribution is 0.100. The maximum absolute atomic E-state index is 12.5. The summed E-state index contributed by atoms with van der Waals surface area (Å²) in [4.78, 5) is 29.4. The van der Waals surface area contributed by atoms with Crippen LogP contribution in [0.5, 0.6) is 0 Å². The fourth-order valence-corrected chi connectivity index (χ4v) is 3.59. The lowest BCUT2D eigenvalue weighted by Gasteiger charge is -2.19. The minimum atomic E-state index is -0.535. The van der Waals surface area contributed by atoms with Crippen LogP contribution in [-0.4, -0.2) is 32.1 Å². The third-order valence-corrected chi connectivity index (χ3v) is 4.78. The van der Waals surface area contributed by atoms with Gasteiger partial charge in [0.05, 0.1) is 11.4 Å². The van der Waals surface area contributed by atoms with Crippen molar-refractivity contribution in [3.05, 3.63) is 63.2 Å². The molecule has 0 saturated heterocycles. The third-order valence-electron chi connectivity index (χ3n) is 4.78. The molecule has 1 aliphatic rings. The lowest BCUT2D eigenvalue weighted by Crippen LogP contribution is -2.24. The summed E-state index contributed by atoms with van der Waals surface area (Å²) in [6, 6.07) is 8.65. The van der Waals surface area contributed by atoms with Gasteiger partial charge in [-0.3, -0.25) is 19.2 Å². The summed E-state index contributed by atoms with van der Waals surface area (Å²) >= 11 is 0. The number of nitrogens with two attached hydrogens (primary N) is 1. The number of amides is 1. The van der Waals surface area contributed by atoms with Crippen LogP contribution >= 0.6 is 0 Å². The molecule has 1 aliphatic heterocycles. The van der Waals surface area contributed by atoms with Gasteiger partial charge in [-0.05, 0) is 37.6 Å². The van der Waals surface area contributed by atoms with Gasteiger partial charge in [0.1, 0.15) is 0 Å². The molecule has 1 amide bonds. The monoisotopic (exact) mass is 351 g/mol. The number of pyridine rings is 1. The Bertz CT molecular complexity index is 1050. The highest BCUT2D eigenvalue weighted by Gasteiger charge is 2.17. The number of benzene rings is 1. The molecular weight excluding hydrogens is 330 g/mol. The second kappa shape index (κ2) is 6.42. The average molecular weight is 351 g/mol. The highest BCUT2D eigenvalue weighted by Crippen LogP contribution is 2.17. The van der Waals surface area contributed by atoms with Crippen molar-refractivity contribution in [2.45, 2.75) is 33.0 Å². The van der Waals surface area contributed by atoms with Crippen molar-refractivity contribution in [1.82, 2.24) is 19.7 Å². The van der Waals surface area contributed by atoms with Gasteiger partial charge in [-0.1, -0.05) is 0 Å². The van der Waals surface area contributed by atoms with Gasteiger partial charge in [0, 0.05) is 54.4 Å². The van der Waals surface area contributed by atoms with Crippen LogP contribution in [0.3, 0.4) is 0 Å². The highest BCUT2D eigenvalue weighted by molar-refractivity contribution is 5.96. The Labute approximate surface area is 150 Å². The first-order valence-corrected chi connectivity index (χ1v) is 8.71. The van der Waals surface area contributed by atoms with E-state index in [-0.39, 0.29) is 5.43 Å². The van der Waals surface area contributed by atoms with Crippen molar-refractivity contribution in [1.29, 1.82) is 0 Å². The van der Waals surface area contributed by atoms with Gasteiger partial charge in [0.25, 0.3) is 0 Å². The van der Waals surface area contributed by atoms with Crippen LogP contribution in [0, 0.1) is 6.92 Å². The molecule has 26 heavy (non-hydrogen) atoms. The highest BCUT2D eigenvalue weighted by atomic mass is 16.1. The third kappa shape index (κ3) is 3.13. The minimum Gasteiger partial charge on any atom is -0.366 e. The molecule has 7 heteroatoms. The minimum absolute atomic E-state index is 0.104. The van der Waals surface area contributed by atoms with E-state index in [1.54, 1.807) is 24.3 Å². The molecule has 0 bridgehead atoms. The van der Waals surface area contributed by atoms with Gasteiger partial charge >= 0.3 is 0 Å². The van der Waals surface area contributed by atoms with Crippen molar-refractivity contribution < 1.29 is 4.79 Å². The molecule has 3 N–H and O–H groups in total. The molecule has 4 rings (SSSR count). The zero-order valence-electron chi connectivity index (χ0n) is 14.7. The van der Waals surface area contributed by atoms with Crippen LogP contribution in [0.1, 0.15) is 33.9 Å². The van der Waals surface area contributed by atoms with Crippen molar-refractivity contribution in [2.75, 3.05) is 6.54 Å². The smallest absolute Gasteiger partial charge is 0.248 e. The first kappa shape index (κ1) is 16.5. The van der Waals surface area contributed by atoms with Crippen LogP contribution in [0.15, 0.2) is 35.1 Å². The second-order valence-electron chi connectivity index (χ2n) is 6.85. The van der Waals surface area contributed by atoms with Gasteiger partial charge in [-0.2, -0.15) is 5.10 Å². The number of carbonyl (C=O) groups is 1. The topological polar surface area (TPSA) is 97.0 Å². The van der Waals surface area contributed by atoms with Gasteiger partial charge in [0.2, 0.25) is 5.91 Å². The molecule has 7 nitrogen and oxygen atoms in total. The predicted octanol–water partition coefficient (Wildman–Crippen LogP) is 1.54. The average Bonchev–Trinajstić information content (AvgIpc) is 2.83. The largest absolute Gasteiger partial charge is 0.366 e. The summed E-state index contributed by atoms with van der Waals surface area (Å²) < 4.78 is 2.07. The Balaban J connectivity index is 1.62. The second-order valence-corrected chi connectivity index (χ2v) is 6.85. The Hall–Kier alpha value is -2.93. The first-order valence-electron chi connectivity index (χ1n) is 8.71. The van der Waals surface area contributed by atoms with E-state index in [0.29, 0.717) is 23.0 Å². The van der Waals surface area contributed by atoms with E-state index in [9.17, 15) is 9.59 Å². The van der Waals surface area contributed by atoms with Gasteiger partial charge < -0.3 is 10.7 Å². The molecule has 0 aliphatic carbocycles. The summed E-state index contributed by atoms with van der Waals surface area (Å²) in [6.45, 7) is 5.34. The number of fused-ring (bicyclic) bond motifs is 2. The zero-order chi connectivity index (χ0) is 18.3. The van der Waals surface area contributed by atoms with Crippen molar-refractivity contribution in [3.8, 4) is 0 Å². The summed E-state index contributed by atoms with van der Waals surface area (Å²) in [7, 11) is 0. The molecule has 3 aromatic rings. The van der Waals surface area contributed by atoms with Crippen LogP contribution in [0.25, 0.3) is 10.9 Å². The number of hydrogen-bond donors (Lipinski definition) is 2. The number of nitrogens with one attached hydrogen (secondary N) is 1. The number of rotatable bonds is 3. The molecule has 0 atom stereocenters. The molecular formula is C19H21N5O2. The number of aromatic amines is 1. The molecule has 3 heterocycles. The fraction of sp³-hybridized carbons (Fsp3) is 0.316. The van der Waals surface area contributed by atoms with E-state index < -0.39 is 5.91 Å². The van der Waals surface area contributed by atoms with Crippen molar-refractivity contribution >= 4 is 16.8 Å². The summed E-state index contributed by atoms with van der Waals surface area (Å²) in [5, 5.41) is 5.01. The number of aromatic nitrogens is 3. The van der Waals surface area contributed by atoms with E-state index in [1.165, 1.54) is 5.69 Å². The quantitative estimate of drug-likeness (QED) is 0.748. The van der Waals surface area contributed by atoms with Crippen molar-refractivity contribution in [2.24, 2.45) is 5.73 Å². The standard InChI is InChI=1S/C19H21N5O2/c1-12-7-15-11-23(5-2-6-24(15)22-12)10-14-9-18(25)16-8-13(19(20)26)3-4-17(16)21-14/h3-4,7-9H,2,5-6,10-11H2,1H3,(H2,20,26)(H,21,25). The van der Waals surface area contributed by atoms with Crippen LogP contribution in [-0.2, 0) is 19.6 Å². The molecule has 0 fully saturated rings. The Morgan fingerprint density at radius 2 is 2.12 bits per heavy atom. The molecule has 0 spiro atoms. The lowest BCUT2D eigenvalue weighted by atomic mass is 10.1. The molecule has 1 aromatic carbocycles. The molecule has 0 unspecified atom stereocenters. The van der Waals surface area contributed by atoms with E-state index in [0.717, 1.165) is 37.4 Å². The Morgan fingerprint density at radius 1 is 1.27 bits per heavy atom. The molecule has 2 aromatic heterocycles.